The number of hydrogen-bond donors (Lipinski definition) is 0. The van der Waals surface area contributed by atoms with Gasteiger partial charge in [0.05, 0.1) is 12.0 Å². The second-order valence-corrected chi connectivity index (χ2v) is 6.03. The molecular formula is C5H8O5S2. The topological polar surface area (TPSA) is 77.5 Å². The van der Waals surface area contributed by atoms with Crippen LogP contribution in [0.1, 0.15) is 0 Å². The summed E-state index contributed by atoms with van der Waals surface area (Å²) in [5.74, 6) is -0.292. The third-order valence-electron chi connectivity index (χ3n) is 1.20. The van der Waals surface area contributed by atoms with Crippen molar-refractivity contribution in [3.05, 3.63) is 11.5 Å². The molecule has 7 heteroatoms. The molecule has 70 valence electrons. The summed E-state index contributed by atoms with van der Waals surface area (Å²) < 4.78 is 47.1. The Morgan fingerprint density at radius 1 is 1.50 bits per heavy atom. The van der Waals surface area contributed by atoms with Crippen LogP contribution in [0.15, 0.2) is 11.5 Å². The summed E-state index contributed by atoms with van der Waals surface area (Å²) in [6.07, 6.45) is 1.24. The first-order chi connectivity index (χ1) is 5.29. The average Bonchev–Trinajstić information content (AvgIpc) is 2.05. The highest BCUT2D eigenvalue weighted by Gasteiger charge is 2.25. The van der Waals surface area contributed by atoms with E-state index >= 15 is 0 Å². The molecule has 0 unspecified atom stereocenters. The summed E-state index contributed by atoms with van der Waals surface area (Å²) in [5.41, 5.74) is 0. The van der Waals surface area contributed by atoms with Crippen molar-refractivity contribution in [2.45, 2.75) is 6.10 Å². The highest BCUT2D eigenvalue weighted by Crippen LogP contribution is 2.12. The third kappa shape index (κ3) is 2.92. The van der Waals surface area contributed by atoms with Crippen molar-refractivity contribution in [2.75, 3.05) is 12.0 Å². The van der Waals surface area contributed by atoms with Crippen molar-refractivity contribution in [1.82, 2.24) is 0 Å². The molecule has 0 aromatic rings. The Bertz CT molecular complexity index is 388. The Kier molecular flexibility index (Phi) is 2.28. The van der Waals surface area contributed by atoms with Gasteiger partial charge in [-0.05, 0) is 6.08 Å². The molecule has 0 aromatic heterocycles. The second-order valence-electron chi connectivity index (χ2n) is 2.50. The Balaban J connectivity index is 2.69. The molecule has 0 saturated heterocycles. The predicted octanol–water partition coefficient (Wildman–Crippen LogP) is -0.727. The van der Waals surface area contributed by atoms with Gasteiger partial charge in [0.2, 0.25) is 0 Å². The van der Waals surface area contributed by atoms with E-state index in [4.69, 9.17) is 0 Å². The van der Waals surface area contributed by atoms with Crippen LogP contribution in [0.3, 0.4) is 0 Å². The fraction of sp³-hybridized carbons (Fsp3) is 0.600. The molecule has 0 saturated carbocycles. The van der Waals surface area contributed by atoms with Gasteiger partial charge < -0.3 is 0 Å². The molecule has 1 atom stereocenters. The standard InChI is InChI=1S/C5H8O5S2/c1-11(6,7)10-5-2-3-12(8,9)4-5/h2-3,5H,4H2,1H3/t5-/m1/s1. The van der Waals surface area contributed by atoms with E-state index in [1.54, 1.807) is 0 Å². The summed E-state index contributed by atoms with van der Waals surface area (Å²) >= 11 is 0. The minimum Gasteiger partial charge on any atom is -0.262 e. The smallest absolute Gasteiger partial charge is 0.262 e. The summed E-state index contributed by atoms with van der Waals surface area (Å²) in [6.45, 7) is 0. The lowest BCUT2D eigenvalue weighted by atomic mass is 10.4. The molecule has 0 fully saturated rings. The lowest BCUT2D eigenvalue weighted by molar-refractivity contribution is 0.282. The van der Waals surface area contributed by atoms with E-state index in [2.05, 4.69) is 4.18 Å². The van der Waals surface area contributed by atoms with Crippen molar-refractivity contribution in [2.24, 2.45) is 0 Å². The van der Waals surface area contributed by atoms with E-state index in [9.17, 15) is 16.8 Å². The molecule has 0 radical (unpaired) electrons. The monoisotopic (exact) mass is 212 g/mol. The van der Waals surface area contributed by atoms with Gasteiger partial charge in [-0.2, -0.15) is 8.42 Å². The molecule has 1 aliphatic heterocycles. The van der Waals surface area contributed by atoms with Gasteiger partial charge in [0.25, 0.3) is 10.1 Å². The summed E-state index contributed by atoms with van der Waals surface area (Å²) in [6, 6.07) is 0. The van der Waals surface area contributed by atoms with Gasteiger partial charge in [-0.3, -0.25) is 4.18 Å². The van der Waals surface area contributed by atoms with Crippen LogP contribution in [-0.2, 0) is 24.1 Å². The molecular weight excluding hydrogens is 204 g/mol. The van der Waals surface area contributed by atoms with Crippen LogP contribution < -0.4 is 0 Å². The zero-order valence-corrected chi connectivity index (χ0v) is 7.93. The van der Waals surface area contributed by atoms with E-state index in [0.29, 0.717) is 0 Å². The van der Waals surface area contributed by atoms with E-state index < -0.39 is 26.1 Å². The van der Waals surface area contributed by atoms with Gasteiger partial charge in [-0.15, -0.1) is 0 Å². The Labute approximate surface area is 71.1 Å². The van der Waals surface area contributed by atoms with Gasteiger partial charge >= 0.3 is 0 Å². The summed E-state index contributed by atoms with van der Waals surface area (Å²) in [7, 11) is -6.81. The minimum atomic E-state index is -3.57. The average molecular weight is 212 g/mol. The summed E-state index contributed by atoms with van der Waals surface area (Å²) in [4.78, 5) is 0. The predicted molar refractivity (Wildman–Crippen MR) is 42.6 cm³/mol. The van der Waals surface area contributed by atoms with Gasteiger partial charge in [0.1, 0.15) is 6.10 Å². The molecule has 1 rings (SSSR count). The maximum absolute atomic E-state index is 10.8. The zero-order valence-electron chi connectivity index (χ0n) is 6.30. The highest BCUT2D eigenvalue weighted by molar-refractivity contribution is 7.94. The Morgan fingerprint density at radius 3 is 2.42 bits per heavy atom. The maximum Gasteiger partial charge on any atom is 0.264 e. The molecule has 0 aromatic carbocycles. The zero-order chi connectivity index (χ0) is 9.41. The number of rotatable bonds is 2. The normalized spacial score (nSPS) is 27.6. The maximum atomic E-state index is 10.8. The van der Waals surface area contributed by atoms with Crippen molar-refractivity contribution >= 4 is 20.0 Å². The van der Waals surface area contributed by atoms with Gasteiger partial charge in [0, 0.05) is 5.41 Å². The van der Waals surface area contributed by atoms with Gasteiger partial charge in [-0.1, -0.05) is 0 Å². The summed E-state index contributed by atoms with van der Waals surface area (Å²) in [5, 5.41) is 0.961. The molecule has 0 N–H and O–H groups in total. The van der Waals surface area contributed by atoms with Crippen molar-refractivity contribution < 1.29 is 21.0 Å². The van der Waals surface area contributed by atoms with Crippen molar-refractivity contribution in [3.8, 4) is 0 Å². The first-order valence-corrected chi connectivity index (χ1v) is 6.61. The van der Waals surface area contributed by atoms with Crippen LogP contribution in [0.5, 0.6) is 0 Å². The highest BCUT2D eigenvalue weighted by atomic mass is 32.2. The first-order valence-electron chi connectivity index (χ1n) is 3.08. The van der Waals surface area contributed by atoms with Crippen LogP contribution >= 0.6 is 0 Å². The van der Waals surface area contributed by atoms with Crippen LogP contribution in [0.4, 0.5) is 0 Å². The van der Waals surface area contributed by atoms with E-state index in [1.165, 1.54) is 6.08 Å². The van der Waals surface area contributed by atoms with Crippen LogP contribution in [0.25, 0.3) is 0 Å². The lowest BCUT2D eigenvalue weighted by Gasteiger charge is -2.04. The van der Waals surface area contributed by atoms with Crippen LogP contribution in [0.2, 0.25) is 0 Å². The molecule has 0 amide bonds. The van der Waals surface area contributed by atoms with Gasteiger partial charge in [-0.25, -0.2) is 8.42 Å². The molecule has 1 aliphatic rings. The SMILES string of the molecule is CS(=O)(=O)O[C@@H]1C=CS(=O)(=O)C1. The quantitative estimate of drug-likeness (QED) is 0.564. The third-order valence-corrected chi connectivity index (χ3v) is 3.16. The van der Waals surface area contributed by atoms with Crippen molar-refractivity contribution in [3.63, 3.8) is 0 Å². The first kappa shape index (κ1) is 9.69. The molecule has 5 nitrogen and oxygen atoms in total. The molecule has 12 heavy (non-hydrogen) atoms. The second kappa shape index (κ2) is 2.82. The van der Waals surface area contributed by atoms with E-state index in [1.807, 2.05) is 0 Å². The largest absolute Gasteiger partial charge is 0.264 e. The Morgan fingerprint density at radius 2 is 2.08 bits per heavy atom. The van der Waals surface area contributed by atoms with E-state index in [-0.39, 0.29) is 5.75 Å². The number of sulfone groups is 1. The lowest BCUT2D eigenvalue weighted by Crippen LogP contribution is -2.18. The Hall–Kier alpha value is -0.400. The number of hydrogen-bond acceptors (Lipinski definition) is 5. The molecule has 0 spiro atoms. The van der Waals surface area contributed by atoms with E-state index in [0.717, 1.165) is 11.7 Å². The molecule has 0 bridgehead atoms. The van der Waals surface area contributed by atoms with Crippen molar-refractivity contribution in [1.29, 1.82) is 0 Å². The van der Waals surface area contributed by atoms with Crippen LogP contribution in [-0.4, -0.2) is 34.9 Å². The fourth-order valence-corrected chi connectivity index (χ4v) is 2.66. The minimum absolute atomic E-state index is 0.292. The van der Waals surface area contributed by atoms with Gasteiger partial charge in [0.15, 0.2) is 9.84 Å². The molecule has 1 heterocycles. The van der Waals surface area contributed by atoms with Crippen LogP contribution in [0, 0.1) is 0 Å². The fourth-order valence-electron chi connectivity index (χ4n) is 0.832. The molecule has 0 aliphatic carbocycles.